The molecule has 0 bridgehead atoms. The Morgan fingerprint density at radius 1 is 1.00 bits per heavy atom. The van der Waals surface area contributed by atoms with Gasteiger partial charge in [0.05, 0.1) is 5.54 Å². The van der Waals surface area contributed by atoms with Crippen LogP contribution in [-0.2, 0) is 19.2 Å². The van der Waals surface area contributed by atoms with E-state index in [-0.39, 0.29) is 36.6 Å². The van der Waals surface area contributed by atoms with Gasteiger partial charge in [0.1, 0.15) is 6.04 Å². The van der Waals surface area contributed by atoms with Crippen molar-refractivity contribution >= 4 is 23.6 Å². The third kappa shape index (κ3) is 10.3. The summed E-state index contributed by atoms with van der Waals surface area (Å²) in [7, 11) is 1.36. The second kappa shape index (κ2) is 16.6. The number of carbonyl (C=O) groups is 4. The van der Waals surface area contributed by atoms with E-state index in [0.29, 0.717) is 12.8 Å². The zero-order valence-corrected chi connectivity index (χ0v) is 24.8. The molecule has 1 rings (SSSR count). The number of carbonyl (C=O) groups excluding carboxylic acids is 4. The molecule has 1 fully saturated rings. The fourth-order valence-electron chi connectivity index (χ4n) is 4.56. The number of aliphatic hydroxyl groups is 1. The third-order valence-corrected chi connectivity index (χ3v) is 6.72. The van der Waals surface area contributed by atoms with Crippen LogP contribution in [0.2, 0.25) is 0 Å². The van der Waals surface area contributed by atoms with Crippen molar-refractivity contribution in [3.8, 4) is 0 Å². The van der Waals surface area contributed by atoms with Crippen LogP contribution < -0.4 is 16.0 Å². The average molecular weight is 527 g/mol. The van der Waals surface area contributed by atoms with Crippen LogP contribution in [0.5, 0.6) is 0 Å². The fraction of sp³-hybridized carbons (Fsp3) is 0.857. The molecule has 0 aromatic carbocycles. The van der Waals surface area contributed by atoms with E-state index in [1.165, 1.54) is 26.3 Å². The molecular formula is C28H54N4O5. The number of unbranched alkanes of at least 4 members (excludes halogenated alkanes) is 5. The Bertz CT molecular complexity index is 742. The average Bonchev–Trinajstić information content (AvgIpc) is 2.82. The van der Waals surface area contributed by atoms with Crippen LogP contribution in [0.15, 0.2) is 0 Å². The van der Waals surface area contributed by atoms with Crippen molar-refractivity contribution in [3.05, 3.63) is 0 Å². The van der Waals surface area contributed by atoms with Crippen LogP contribution >= 0.6 is 0 Å². The monoisotopic (exact) mass is 526 g/mol. The molecule has 1 aliphatic heterocycles. The maximum absolute atomic E-state index is 13.4. The van der Waals surface area contributed by atoms with Gasteiger partial charge in [0.15, 0.2) is 0 Å². The summed E-state index contributed by atoms with van der Waals surface area (Å²) in [5.74, 6) is -1.67. The molecule has 9 heteroatoms. The molecule has 0 saturated carbocycles. The van der Waals surface area contributed by atoms with Crippen LogP contribution in [0, 0.1) is 5.92 Å². The number of nitrogens with zero attached hydrogens (tertiary/aromatic N) is 1. The first kappa shape index (κ1) is 34.8. The number of hydrogen-bond acceptors (Lipinski definition) is 5. The zero-order chi connectivity index (χ0) is 28.8. The van der Waals surface area contributed by atoms with Crippen LogP contribution in [-0.4, -0.2) is 64.0 Å². The summed E-state index contributed by atoms with van der Waals surface area (Å²) in [6.07, 6.45) is 7.30. The van der Waals surface area contributed by atoms with Gasteiger partial charge in [0.25, 0.3) is 5.91 Å². The summed E-state index contributed by atoms with van der Waals surface area (Å²) in [4.78, 5) is 52.4. The van der Waals surface area contributed by atoms with Crippen LogP contribution in [0.1, 0.15) is 120 Å². The molecule has 0 aromatic heterocycles. The highest BCUT2D eigenvalue weighted by molar-refractivity contribution is 5.95. The number of amides is 4. The van der Waals surface area contributed by atoms with E-state index < -0.39 is 29.1 Å². The fourth-order valence-corrected chi connectivity index (χ4v) is 4.56. The zero-order valence-electron chi connectivity index (χ0n) is 24.8. The van der Waals surface area contributed by atoms with E-state index in [1.807, 2.05) is 27.7 Å². The van der Waals surface area contributed by atoms with E-state index in [1.54, 1.807) is 20.8 Å². The molecule has 0 spiro atoms. The lowest BCUT2D eigenvalue weighted by Crippen LogP contribution is -2.78. The maximum atomic E-state index is 13.4. The molecule has 4 amide bonds. The maximum Gasteiger partial charge on any atom is 0.276 e. The molecule has 3 unspecified atom stereocenters. The summed E-state index contributed by atoms with van der Waals surface area (Å²) in [5, 5.41) is 19.9. The van der Waals surface area contributed by atoms with E-state index in [4.69, 9.17) is 0 Å². The lowest BCUT2D eigenvalue weighted by molar-refractivity contribution is -0.199. The second-order valence-electron chi connectivity index (χ2n) is 10.8. The van der Waals surface area contributed by atoms with E-state index in [0.717, 1.165) is 24.2 Å². The summed E-state index contributed by atoms with van der Waals surface area (Å²) in [6.45, 7) is 15.1. The SMILES string of the molecule is CC.CCCCCCCCC(=O)NC(CC(C)C)C(=O)NC1(C)CCC(=O)N(C)C1(O)C(=O)NC(C)C. The highest BCUT2D eigenvalue weighted by atomic mass is 16.3. The van der Waals surface area contributed by atoms with Crippen LogP contribution in [0.25, 0.3) is 0 Å². The van der Waals surface area contributed by atoms with Gasteiger partial charge in [-0.2, -0.15) is 0 Å². The third-order valence-electron chi connectivity index (χ3n) is 6.72. The Balaban J connectivity index is 0.00000631. The second-order valence-corrected chi connectivity index (χ2v) is 10.8. The smallest absolute Gasteiger partial charge is 0.276 e. The minimum Gasteiger partial charge on any atom is -0.361 e. The molecule has 0 radical (unpaired) electrons. The van der Waals surface area contributed by atoms with Crippen LogP contribution in [0.3, 0.4) is 0 Å². The van der Waals surface area contributed by atoms with Gasteiger partial charge in [0.2, 0.25) is 23.4 Å². The predicted molar refractivity (Wildman–Crippen MR) is 148 cm³/mol. The minimum atomic E-state index is -2.27. The largest absolute Gasteiger partial charge is 0.361 e. The van der Waals surface area contributed by atoms with Crippen LogP contribution in [0.4, 0.5) is 0 Å². The molecule has 0 aliphatic carbocycles. The first-order valence-corrected chi connectivity index (χ1v) is 14.2. The molecule has 9 nitrogen and oxygen atoms in total. The minimum absolute atomic E-state index is 0.0732. The Morgan fingerprint density at radius 2 is 1.57 bits per heavy atom. The molecule has 4 N–H and O–H groups in total. The molecule has 37 heavy (non-hydrogen) atoms. The molecular weight excluding hydrogens is 472 g/mol. The number of nitrogens with one attached hydrogen (secondary N) is 3. The summed E-state index contributed by atoms with van der Waals surface area (Å²) < 4.78 is 0. The van der Waals surface area contributed by atoms with Gasteiger partial charge >= 0.3 is 0 Å². The van der Waals surface area contributed by atoms with E-state index >= 15 is 0 Å². The molecule has 3 atom stereocenters. The number of likely N-dealkylation sites (tertiary alicyclic amines) is 1. The summed E-state index contributed by atoms with van der Waals surface area (Å²) in [5.41, 5.74) is -3.71. The highest BCUT2D eigenvalue weighted by Crippen LogP contribution is 2.36. The Labute approximate surface area is 224 Å². The predicted octanol–water partition coefficient (Wildman–Crippen LogP) is 3.63. The Kier molecular flexibility index (Phi) is 15.7. The van der Waals surface area contributed by atoms with E-state index in [9.17, 15) is 24.3 Å². The van der Waals surface area contributed by atoms with Crippen molar-refractivity contribution < 1.29 is 24.3 Å². The van der Waals surface area contributed by atoms with Gasteiger partial charge in [-0.15, -0.1) is 0 Å². The van der Waals surface area contributed by atoms with Gasteiger partial charge in [0, 0.05) is 25.9 Å². The standard InChI is InChI=1S/C26H48N4O5.C2H6/c1-8-9-10-11-12-13-14-21(31)28-20(17-18(2)3)23(33)29-25(6)16-15-22(32)30(7)26(25,35)24(34)27-19(4)5;1-2/h18-20,35H,8-17H2,1-7H3,(H,27,34)(H,28,31)(H,29,33);1-2H3. The Hall–Kier alpha value is -2.16. The lowest BCUT2D eigenvalue weighted by atomic mass is 9.78. The van der Waals surface area contributed by atoms with Gasteiger partial charge < -0.3 is 26.0 Å². The van der Waals surface area contributed by atoms with Gasteiger partial charge in [-0.1, -0.05) is 66.7 Å². The number of rotatable bonds is 14. The molecule has 216 valence electrons. The first-order chi connectivity index (χ1) is 17.3. The molecule has 1 heterocycles. The van der Waals surface area contributed by atoms with Crippen molar-refractivity contribution in [2.75, 3.05) is 7.05 Å². The van der Waals surface area contributed by atoms with Crippen molar-refractivity contribution in [1.29, 1.82) is 0 Å². The Morgan fingerprint density at radius 3 is 2.11 bits per heavy atom. The molecule has 1 saturated heterocycles. The quantitative estimate of drug-likeness (QED) is 0.257. The lowest BCUT2D eigenvalue weighted by Gasteiger charge is -2.52. The van der Waals surface area contributed by atoms with Crippen molar-refractivity contribution in [2.24, 2.45) is 5.92 Å². The van der Waals surface area contributed by atoms with Gasteiger partial charge in [-0.25, -0.2) is 0 Å². The molecule has 0 aromatic rings. The van der Waals surface area contributed by atoms with Crippen molar-refractivity contribution in [3.63, 3.8) is 0 Å². The number of likely N-dealkylation sites (N-methyl/N-ethyl adjacent to an activating group) is 1. The highest BCUT2D eigenvalue weighted by Gasteiger charge is 2.60. The first-order valence-electron chi connectivity index (χ1n) is 14.2. The van der Waals surface area contributed by atoms with Crippen molar-refractivity contribution in [1.82, 2.24) is 20.9 Å². The van der Waals surface area contributed by atoms with Crippen molar-refractivity contribution in [2.45, 2.75) is 143 Å². The van der Waals surface area contributed by atoms with Gasteiger partial charge in [-0.05, 0) is 46.0 Å². The number of hydrogen-bond donors (Lipinski definition) is 4. The normalized spacial score (nSPS) is 22.3. The molecule has 1 aliphatic rings. The van der Waals surface area contributed by atoms with Gasteiger partial charge in [-0.3, -0.25) is 19.2 Å². The number of piperidine rings is 1. The topological polar surface area (TPSA) is 128 Å². The summed E-state index contributed by atoms with van der Waals surface area (Å²) >= 11 is 0. The van der Waals surface area contributed by atoms with E-state index in [2.05, 4.69) is 22.9 Å². The summed E-state index contributed by atoms with van der Waals surface area (Å²) in [6, 6.07) is -1.08.